The zero-order valence-electron chi connectivity index (χ0n) is 17.2. The minimum absolute atomic E-state index is 0.134. The zero-order valence-corrected chi connectivity index (χ0v) is 19.6. The maximum atomic E-state index is 13.0. The second-order valence-electron chi connectivity index (χ2n) is 6.86. The van der Waals surface area contributed by atoms with Crippen molar-refractivity contribution in [3.8, 4) is 0 Å². The highest BCUT2D eigenvalue weighted by molar-refractivity contribution is 7.98. The first-order valence-corrected chi connectivity index (χ1v) is 12.5. The van der Waals surface area contributed by atoms with Crippen molar-refractivity contribution in [1.82, 2.24) is 9.29 Å². The van der Waals surface area contributed by atoms with Crippen LogP contribution in [-0.2, 0) is 15.8 Å². The maximum Gasteiger partial charge on any atom is 0.256 e. The van der Waals surface area contributed by atoms with Gasteiger partial charge in [-0.1, -0.05) is 18.2 Å². The molecule has 0 fully saturated rings. The molecular weight excluding hydrogens is 438 g/mol. The number of benzene rings is 2. The monoisotopic (exact) mass is 461 g/mol. The molecule has 0 saturated carbocycles. The van der Waals surface area contributed by atoms with E-state index in [9.17, 15) is 13.2 Å². The fourth-order valence-electron chi connectivity index (χ4n) is 2.70. The molecule has 3 aromatic rings. The number of anilines is 1. The molecule has 0 saturated heterocycles. The summed E-state index contributed by atoms with van der Waals surface area (Å²) >= 11 is 3.15. The fraction of sp³-hybridized carbons (Fsp3) is 0.238. The molecule has 0 aliphatic carbocycles. The van der Waals surface area contributed by atoms with Crippen LogP contribution in [0.4, 0.5) is 5.69 Å². The first kappa shape index (κ1) is 22.5. The van der Waals surface area contributed by atoms with Crippen molar-refractivity contribution >= 4 is 44.7 Å². The number of carbonyl (C=O) groups excluding carboxylic acids is 1. The van der Waals surface area contributed by atoms with Crippen molar-refractivity contribution in [3.63, 3.8) is 0 Å². The number of nitrogens with zero attached hydrogens (tertiary/aromatic N) is 2. The number of hydrogen-bond donors (Lipinski definition) is 1. The van der Waals surface area contributed by atoms with E-state index in [0.717, 1.165) is 25.5 Å². The second-order valence-corrected chi connectivity index (χ2v) is 11.1. The lowest BCUT2D eigenvalue weighted by molar-refractivity contribution is 0.102. The summed E-state index contributed by atoms with van der Waals surface area (Å²) in [7, 11) is -0.636. The van der Waals surface area contributed by atoms with E-state index < -0.39 is 10.0 Å². The van der Waals surface area contributed by atoms with E-state index in [1.165, 1.54) is 20.2 Å². The maximum absolute atomic E-state index is 13.0. The van der Waals surface area contributed by atoms with Crippen molar-refractivity contribution in [2.45, 2.75) is 29.4 Å². The van der Waals surface area contributed by atoms with Gasteiger partial charge in [-0.25, -0.2) is 17.7 Å². The Morgan fingerprint density at radius 3 is 2.57 bits per heavy atom. The van der Waals surface area contributed by atoms with E-state index in [-0.39, 0.29) is 10.8 Å². The summed E-state index contributed by atoms with van der Waals surface area (Å²) < 4.78 is 26.0. The Morgan fingerprint density at radius 2 is 1.90 bits per heavy atom. The summed E-state index contributed by atoms with van der Waals surface area (Å²) in [6, 6.07) is 12.1. The van der Waals surface area contributed by atoms with Gasteiger partial charge in [-0.05, 0) is 43.7 Å². The van der Waals surface area contributed by atoms with Crippen molar-refractivity contribution < 1.29 is 13.2 Å². The minimum Gasteiger partial charge on any atom is -0.322 e. The Balaban J connectivity index is 1.83. The van der Waals surface area contributed by atoms with E-state index in [4.69, 9.17) is 0 Å². The quantitative estimate of drug-likeness (QED) is 0.522. The highest BCUT2D eigenvalue weighted by Crippen LogP contribution is 2.28. The molecule has 2 aromatic carbocycles. The molecule has 0 atom stereocenters. The van der Waals surface area contributed by atoms with Crippen LogP contribution in [0.2, 0.25) is 0 Å². The standard InChI is InChI=1S/C21H23N3O3S3/c1-14-9-10-17(30(26,27)24(3)4)11-19(14)23-21(25)18-7-5-6-8-20(18)29-13-16-12-28-15(2)22-16/h5-12H,13H2,1-4H3,(H,23,25). The van der Waals surface area contributed by atoms with Crippen LogP contribution in [-0.4, -0.2) is 37.7 Å². The molecule has 6 nitrogen and oxygen atoms in total. The summed E-state index contributed by atoms with van der Waals surface area (Å²) in [5, 5.41) is 5.90. The highest BCUT2D eigenvalue weighted by Gasteiger charge is 2.19. The van der Waals surface area contributed by atoms with Gasteiger partial charge >= 0.3 is 0 Å². The van der Waals surface area contributed by atoms with Gasteiger partial charge in [0, 0.05) is 35.8 Å². The van der Waals surface area contributed by atoms with Crippen LogP contribution in [0.15, 0.2) is 57.6 Å². The number of aryl methyl sites for hydroxylation is 2. The van der Waals surface area contributed by atoms with Crippen molar-refractivity contribution in [2.75, 3.05) is 19.4 Å². The van der Waals surface area contributed by atoms with Crippen LogP contribution in [0.5, 0.6) is 0 Å². The number of rotatable bonds is 7. The average Bonchev–Trinajstić information content (AvgIpc) is 3.13. The van der Waals surface area contributed by atoms with Crippen LogP contribution >= 0.6 is 23.1 Å². The van der Waals surface area contributed by atoms with E-state index in [1.807, 2.05) is 37.4 Å². The summed E-state index contributed by atoms with van der Waals surface area (Å²) in [6.45, 7) is 3.79. The van der Waals surface area contributed by atoms with Gasteiger partial charge in [0.2, 0.25) is 10.0 Å². The average molecular weight is 462 g/mol. The molecule has 0 radical (unpaired) electrons. The van der Waals surface area contributed by atoms with Gasteiger partial charge in [-0.3, -0.25) is 4.79 Å². The number of hydrogen-bond acceptors (Lipinski definition) is 6. The summed E-state index contributed by atoms with van der Waals surface area (Å²) in [5.74, 6) is 0.389. The lowest BCUT2D eigenvalue weighted by Gasteiger charge is -2.15. The van der Waals surface area contributed by atoms with Crippen LogP contribution in [0, 0.1) is 13.8 Å². The lowest BCUT2D eigenvalue weighted by Crippen LogP contribution is -2.22. The topological polar surface area (TPSA) is 79.4 Å². The summed E-state index contributed by atoms with van der Waals surface area (Å²) in [6.07, 6.45) is 0. The van der Waals surface area contributed by atoms with Crippen LogP contribution in [0.1, 0.15) is 26.6 Å². The SMILES string of the molecule is Cc1nc(CSc2ccccc2C(=O)Nc2cc(S(=O)(=O)N(C)C)ccc2C)cs1. The molecule has 0 spiro atoms. The number of thioether (sulfide) groups is 1. The van der Waals surface area contributed by atoms with Gasteiger partial charge in [0.1, 0.15) is 0 Å². The van der Waals surface area contributed by atoms with Gasteiger partial charge in [-0.2, -0.15) is 0 Å². The molecule has 3 rings (SSSR count). The summed E-state index contributed by atoms with van der Waals surface area (Å²) in [4.78, 5) is 18.4. The van der Waals surface area contributed by atoms with Crippen molar-refractivity contribution in [2.24, 2.45) is 0 Å². The number of sulfonamides is 1. The Morgan fingerprint density at radius 1 is 1.17 bits per heavy atom. The lowest BCUT2D eigenvalue weighted by atomic mass is 10.1. The number of carbonyl (C=O) groups is 1. The van der Waals surface area contributed by atoms with Crippen LogP contribution in [0.3, 0.4) is 0 Å². The molecule has 1 N–H and O–H groups in total. The number of amides is 1. The fourth-order valence-corrected chi connectivity index (χ4v) is 5.29. The van der Waals surface area contributed by atoms with E-state index in [0.29, 0.717) is 17.0 Å². The Hall–Kier alpha value is -2.20. The van der Waals surface area contributed by atoms with E-state index in [2.05, 4.69) is 10.3 Å². The molecule has 1 aromatic heterocycles. The Bertz CT molecular complexity index is 1170. The molecule has 158 valence electrons. The minimum atomic E-state index is -3.59. The number of aromatic nitrogens is 1. The van der Waals surface area contributed by atoms with Crippen molar-refractivity contribution in [1.29, 1.82) is 0 Å². The molecule has 0 unspecified atom stereocenters. The highest BCUT2D eigenvalue weighted by atomic mass is 32.2. The van der Waals surface area contributed by atoms with Crippen LogP contribution in [0.25, 0.3) is 0 Å². The van der Waals surface area contributed by atoms with E-state index in [1.54, 1.807) is 41.3 Å². The third-order valence-corrected chi connectivity index (χ3v) is 8.15. The Labute approximate surface area is 185 Å². The molecule has 1 heterocycles. The largest absolute Gasteiger partial charge is 0.322 e. The molecular formula is C21H23N3O3S3. The molecule has 9 heteroatoms. The van der Waals surface area contributed by atoms with Gasteiger partial charge in [0.25, 0.3) is 5.91 Å². The first-order chi connectivity index (χ1) is 14.2. The number of thiazole rings is 1. The Kier molecular flexibility index (Phi) is 6.97. The predicted octanol–water partition coefficient (Wildman–Crippen LogP) is 4.55. The third-order valence-electron chi connectivity index (χ3n) is 4.41. The summed E-state index contributed by atoms with van der Waals surface area (Å²) in [5.41, 5.74) is 2.77. The predicted molar refractivity (Wildman–Crippen MR) is 123 cm³/mol. The normalized spacial score (nSPS) is 11.6. The molecule has 0 aliphatic heterocycles. The van der Waals surface area contributed by atoms with E-state index >= 15 is 0 Å². The molecule has 1 amide bonds. The first-order valence-electron chi connectivity index (χ1n) is 9.16. The van der Waals surface area contributed by atoms with Gasteiger partial charge in [0.05, 0.1) is 21.2 Å². The van der Waals surface area contributed by atoms with Gasteiger partial charge < -0.3 is 5.32 Å². The van der Waals surface area contributed by atoms with Gasteiger partial charge in [-0.15, -0.1) is 23.1 Å². The van der Waals surface area contributed by atoms with Crippen molar-refractivity contribution in [3.05, 3.63) is 69.7 Å². The zero-order chi connectivity index (χ0) is 21.9. The molecule has 0 bridgehead atoms. The smallest absolute Gasteiger partial charge is 0.256 e. The molecule has 0 aliphatic rings. The second kappa shape index (κ2) is 9.30. The van der Waals surface area contributed by atoms with Gasteiger partial charge in [0.15, 0.2) is 0 Å². The molecule has 30 heavy (non-hydrogen) atoms. The van der Waals surface area contributed by atoms with Crippen LogP contribution < -0.4 is 5.32 Å². The third kappa shape index (κ3) is 5.10. The number of nitrogens with one attached hydrogen (secondary N) is 1.